The minimum Gasteiger partial charge on any atom is -0.334 e. The Kier molecular flexibility index (Phi) is 5.89. The van der Waals surface area contributed by atoms with Gasteiger partial charge in [0.05, 0.1) is 0 Å². The predicted molar refractivity (Wildman–Crippen MR) is 101 cm³/mol. The first-order valence-electron chi connectivity index (χ1n) is 9.01. The van der Waals surface area contributed by atoms with Gasteiger partial charge in [-0.2, -0.15) is 0 Å². The van der Waals surface area contributed by atoms with Crippen molar-refractivity contribution in [1.82, 2.24) is 15.1 Å². The molecule has 5 heteroatoms. The maximum atomic E-state index is 13.1. The summed E-state index contributed by atoms with van der Waals surface area (Å²) in [5.41, 5.74) is 3.21. The molecule has 26 heavy (non-hydrogen) atoms. The molecule has 4 nitrogen and oxygen atoms in total. The van der Waals surface area contributed by atoms with Gasteiger partial charge < -0.3 is 15.1 Å². The zero-order valence-corrected chi connectivity index (χ0v) is 15.4. The number of carbonyl (C=O) groups is 1. The number of nitrogens with zero attached hydrogens (tertiary/aromatic N) is 2. The van der Waals surface area contributed by atoms with Crippen molar-refractivity contribution in [2.75, 3.05) is 26.7 Å². The Hall–Kier alpha value is -2.40. The Morgan fingerprint density at radius 1 is 1.12 bits per heavy atom. The third-order valence-corrected chi connectivity index (χ3v) is 4.76. The third kappa shape index (κ3) is 5.05. The largest absolute Gasteiger partial charge is 0.334 e. The Morgan fingerprint density at radius 2 is 1.73 bits per heavy atom. The van der Waals surface area contributed by atoms with Gasteiger partial charge in [0.1, 0.15) is 5.82 Å². The van der Waals surface area contributed by atoms with Crippen LogP contribution in [-0.4, -0.2) is 42.5 Å². The van der Waals surface area contributed by atoms with Crippen LogP contribution in [0.3, 0.4) is 0 Å². The van der Waals surface area contributed by atoms with E-state index in [9.17, 15) is 9.18 Å². The fourth-order valence-electron chi connectivity index (χ4n) is 3.28. The fourth-order valence-corrected chi connectivity index (χ4v) is 3.28. The number of nitrogens with one attached hydrogen (secondary N) is 1. The van der Waals surface area contributed by atoms with Crippen LogP contribution in [0.1, 0.15) is 16.7 Å². The molecule has 1 heterocycles. The molecule has 0 unspecified atom stereocenters. The van der Waals surface area contributed by atoms with Crippen LogP contribution < -0.4 is 5.32 Å². The molecule has 2 amide bonds. The van der Waals surface area contributed by atoms with E-state index in [1.54, 1.807) is 12.1 Å². The zero-order chi connectivity index (χ0) is 18.5. The summed E-state index contributed by atoms with van der Waals surface area (Å²) in [6, 6.07) is 14.4. The van der Waals surface area contributed by atoms with Crippen molar-refractivity contribution >= 4 is 6.03 Å². The van der Waals surface area contributed by atoms with Gasteiger partial charge in [0.25, 0.3) is 0 Å². The number of amides is 2. The van der Waals surface area contributed by atoms with Gasteiger partial charge >= 0.3 is 6.03 Å². The van der Waals surface area contributed by atoms with E-state index >= 15 is 0 Å². The average Bonchev–Trinajstić information content (AvgIpc) is 2.60. The molecule has 0 aromatic heterocycles. The topological polar surface area (TPSA) is 35.6 Å². The number of carbonyl (C=O) groups excluding carboxylic acids is 1. The van der Waals surface area contributed by atoms with Gasteiger partial charge in [0.15, 0.2) is 0 Å². The van der Waals surface area contributed by atoms with Gasteiger partial charge in [-0.15, -0.1) is 0 Å². The molecule has 0 radical (unpaired) electrons. The molecule has 1 aliphatic heterocycles. The SMILES string of the molecule is Cc1ccc(CNC(=O)N(Cc2ccc(F)cc2)CC2CN(C)C2)cc1. The lowest BCUT2D eigenvalue weighted by Gasteiger charge is -2.39. The molecule has 1 N–H and O–H groups in total. The second-order valence-electron chi connectivity index (χ2n) is 7.24. The lowest BCUT2D eigenvalue weighted by Crippen LogP contribution is -2.51. The van der Waals surface area contributed by atoms with E-state index in [0.29, 0.717) is 25.6 Å². The van der Waals surface area contributed by atoms with Crippen LogP contribution in [0, 0.1) is 18.7 Å². The van der Waals surface area contributed by atoms with Crippen LogP contribution in [0.5, 0.6) is 0 Å². The quantitative estimate of drug-likeness (QED) is 0.862. The summed E-state index contributed by atoms with van der Waals surface area (Å²) in [7, 11) is 2.08. The van der Waals surface area contributed by atoms with Crippen LogP contribution >= 0.6 is 0 Å². The van der Waals surface area contributed by atoms with E-state index in [4.69, 9.17) is 0 Å². The van der Waals surface area contributed by atoms with Gasteiger partial charge in [-0.3, -0.25) is 0 Å². The number of likely N-dealkylation sites (tertiary alicyclic amines) is 1. The van der Waals surface area contributed by atoms with Gasteiger partial charge in [0.2, 0.25) is 0 Å². The van der Waals surface area contributed by atoms with Crippen LogP contribution in [0.4, 0.5) is 9.18 Å². The van der Waals surface area contributed by atoms with E-state index in [0.717, 1.165) is 24.2 Å². The second kappa shape index (κ2) is 8.32. The number of hydrogen-bond donors (Lipinski definition) is 1. The minimum absolute atomic E-state index is 0.0792. The summed E-state index contributed by atoms with van der Waals surface area (Å²) in [5, 5.41) is 3.01. The minimum atomic E-state index is -0.259. The molecule has 1 fully saturated rings. The van der Waals surface area contributed by atoms with E-state index in [1.165, 1.54) is 17.7 Å². The first-order valence-corrected chi connectivity index (χ1v) is 9.01. The zero-order valence-electron chi connectivity index (χ0n) is 15.4. The highest BCUT2D eigenvalue weighted by Crippen LogP contribution is 2.17. The monoisotopic (exact) mass is 355 g/mol. The Balaban J connectivity index is 1.61. The van der Waals surface area contributed by atoms with Gasteiger partial charge in [-0.05, 0) is 37.2 Å². The van der Waals surface area contributed by atoms with Crippen molar-refractivity contribution in [3.8, 4) is 0 Å². The molecule has 0 saturated carbocycles. The van der Waals surface area contributed by atoms with E-state index in [1.807, 2.05) is 36.1 Å². The predicted octanol–water partition coefficient (Wildman–Crippen LogP) is 3.41. The van der Waals surface area contributed by atoms with Crippen molar-refractivity contribution in [1.29, 1.82) is 0 Å². The van der Waals surface area contributed by atoms with Crippen molar-refractivity contribution < 1.29 is 9.18 Å². The summed E-state index contributed by atoms with van der Waals surface area (Å²) in [6.45, 7) is 5.75. The molecular weight excluding hydrogens is 329 g/mol. The molecule has 1 aliphatic rings. The van der Waals surface area contributed by atoms with E-state index in [2.05, 4.69) is 17.3 Å². The van der Waals surface area contributed by atoms with Gasteiger partial charge in [-0.1, -0.05) is 42.0 Å². The van der Waals surface area contributed by atoms with E-state index in [-0.39, 0.29) is 11.8 Å². The summed E-state index contributed by atoms with van der Waals surface area (Å²) in [6.07, 6.45) is 0. The molecule has 0 bridgehead atoms. The second-order valence-corrected chi connectivity index (χ2v) is 7.24. The molecule has 138 valence electrons. The van der Waals surface area contributed by atoms with E-state index < -0.39 is 0 Å². The maximum absolute atomic E-state index is 13.1. The summed E-state index contributed by atoms with van der Waals surface area (Å²) in [4.78, 5) is 16.8. The standard InChI is InChI=1S/C21H26FN3O/c1-16-3-5-17(6-4-16)11-23-21(26)25(15-19-12-24(2)13-19)14-18-7-9-20(22)10-8-18/h3-10,19H,11-15H2,1-2H3,(H,23,26). The number of urea groups is 1. The van der Waals surface area contributed by atoms with Crippen molar-refractivity contribution in [2.24, 2.45) is 5.92 Å². The number of benzene rings is 2. The van der Waals surface area contributed by atoms with Crippen LogP contribution in [-0.2, 0) is 13.1 Å². The van der Waals surface area contributed by atoms with Gasteiger partial charge in [0, 0.05) is 38.6 Å². The average molecular weight is 355 g/mol. The first-order chi connectivity index (χ1) is 12.5. The number of hydrogen-bond acceptors (Lipinski definition) is 2. The number of aryl methyl sites for hydroxylation is 1. The highest BCUT2D eigenvalue weighted by atomic mass is 19.1. The Labute approximate surface area is 154 Å². The highest BCUT2D eigenvalue weighted by molar-refractivity contribution is 5.74. The molecule has 1 saturated heterocycles. The van der Waals surface area contributed by atoms with Crippen LogP contribution in [0.15, 0.2) is 48.5 Å². The number of rotatable bonds is 6. The lowest BCUT2D eigenvalue weighted by atomic mass is 10.0. The smallest absolute Gasteiger partial charge is 0.317 e. The van der Waals surface area contributed by atoms with Gasteiger partial charge in [-0.25, -0.2) is 9.18 Å². The fraction of sp³-hybridized carbons (Fsp3) is 0.381. The third-order valence-electron chi connectivity index (χ3n) is 4.76. The Morgan fingerprint density at radius 3 is 2.35 bits per heavy atom. The lowest BCUT2D eigenvalue weighted by molar-refractivity contribution is 0.0966. The summed E-state index contributed by atoms with van der Waals surface area (Å²) in [5.74, 6) is 0.232. The van der Waals surface area contributed by atoms with Crippen LogP contribution in [0.2, 0.25) is 0 Å². The summed E-state index contributed by atoms with van der Waals surface area (Å²) >= 11 is 0. The summed E-state index contributed by atoms with van der Waals surface area (Å²) < 4.78 is 13.1. The molecule has 0 aliphatic carbocycles. The molecule has 2 aromatic carbocycles. The molecule has 3 rings (SSSR count). The van der Waals surface area contributed by atoms with Crippen LogP contribution in [0.25, 0.3) is 0 Å². The molecule has 2 aromatic rings. The maximum Gasteiger partial charge on any atom is 0.317 e. The van der Waals surface area contributed by atoms with Crippen molar-refractivity contribution in [2.45, 2.75) is 20.0 Å². The molecule has 0 spiro atoms. The first kappa shape index (κ1) is 18.4. The van der Waals surface area contributed by atoms with Crippen molar-refractivity contribution in [3.05, 3.63) is 71.0 Å². The number of halogens is 1. The highest BCUT2D eigenvalue weighted by Gasteiger charge is 2.27. The Bertz CT molecular complexity index is 724. The normalized spacial score (nSPS) is 14.7. The molecule has 0 atom stereocenters. The van der Waals surface area contributed by atoms with Crippen molar-refractivity contribution in [3.63, 3.8) is 0 Å². The molecular formula is C21H26FN3O.